The number of rotatable bonds is 7. The topological polar surface area (TPSA) is 88.5 Å². The number of nitrogens with zero attached hydrogens (tertiary/aromatic N) is 1. The third-order valence-electron chi connectivity index (χ3n) is 4.58. The lowest BCUT2D eigenvalue weighted by molar-refractivity contribution is 0.0690. The highest BCUT2D eigenvalue weighted by molar-refractivity contribution is 5.94. The smallest absolute Gasteiger partial charge is 0.354 e. The van der Waals surface area contributed by atoms with Crippen LogP contribution in [0, 0.1) is 5.41 Å². The van der Waals surface area contributed by atoms with E-state index in [1.165, 1.54) is 37.5 Å². The highest BCUT2D eigenvalue weighted by Crippen LogP contribution is 2.38. The second-order valence-corrected chi connectivity index (χ2v) is 6.20. The van der Waals surface area contributed by atoms with Gasteiger partial charge in [-0.05, 0) is 36.8 Å². The summed E-state index contributed by atoms with van der Waals surface area (Å²) in [6.45, 7) is 1.26. The van der Waals surface area contributed by atoms with Crippen LogP contribution in [0.1, 0.15) is 59.5 Å². The Labute approximate surface area is 136 Å². The number of nitrogens with one attached hydrogen (secondary N) is 1. The molecule has 0 unspecified atom stereocenters. The number of carbonyl (C=O) groups excluding carboxylic acids is 1. The predicted molar refractivity (Wildman–Crippen MR) is 85.5 cm³/mol. The van der Waals surface area contributed by atoms with Gasteiger partial charge in [-0.3, -0.25) is 4.79 Å². The normalized spacial score (nSPS) is 16.7. The average Bonchev–Trinajstić information content (AvgIpc) is 2.59. The second kappa shape index (κ2) is 8.06. The van der Waals surface area contributed by atoms with E-state index in [-0.39, 0.29) is 22.7 Å². The number of methoxy groups -OCH3 is 1. The molecule has 6 heteroatoms. The minimum absolute atomic E-state index is 0.0777. The van der Waals surface area contributed by atoms with Gasteiger partial charge < -0.3 is 15.2 Å². The Kier molecular flexibility index (Phi) is 6.10. The van der Waals surface area contributed by atoms with Crippen LogP contribution >= 0.6 is 0 Å². The molecular formula is C17H24N2O4. The fourth-order valence-corrected chi connectivity index (χ4v) is 3.17. The molecule has 0 radical (unpaired) electrons. The predicted octanol–water partition coefficient (Wildman–Crippen LogP) is 2.50. The molecule has 0 atom stereocenters. The molecule has 0 spiro atoms. The highest BCUT2D eigenvalue weighted by Gasteiger charge is 2.32. The molecule has 0 aliphatic heterocycles. The number of ether oxygens (including phenoxy) is 1. The van der Waals surface area contributed by atoms with E-state index in [0.29, 0.717) is 13.2 Å². The van der Waals surface area contributed by atoms with Crippen molar-refractivity contribution in [1.82, 2.24) is 10.3 Å². The van der Waals surface area contributed by atoms with Crippen molar-refractivity contribution in [3.8, 4) is 0 Å². The number of aromatic nitrogens is 1. The van der Waals surface area contributed by atoms with E-state index in [1.807, 2.05) is 0 Å². The van der Waals surface area contributed by atoms with Crippen LogP contribution in [0.15, 0.2) is 18.2 Å². The van der Waals surface area contributed by atoms with Crippen LogP contribution in [0.5, 0.6) is 0 Å². The molecule has 2 rings (SSSR count). The minimum Gasteiger partial charge on any atom is -0.477 e. The lowest BCUT2D eigenvalue weighted by Crippen LogP contribution is -2.40. The van der Waals surface area contributed by atoms with Gasteiger partial charge in [-0.2, -0.15) is 0 Å². The lowest BCUT2D eigenvalue weighted by Gasteiger charge is -2.37. The first-order chi connectivity index (χ1) is 11.1. The first-order valence-corrected chi connectivity index (χ1v) is 8.04. The van der Waals surface area contributed by atoms with Crippen LogP contribution < -0.4 is 5.32 Å². The number of carboxylic acid groups (broad SMARTS) is 1. The van der Waals surface area contributed by atoms with Gasteiger partial charge in [0.2, 0.25) is 0 Å². The van der Waals surface area contributed by atoms with Crippen molar-refractivity contribution in [1.29, 1.82) is 0 Å². The molecule has 126 valence electrons. The van der Waals surface area contributed by atoms with Gasteiger partial charge in [0.25, 0.3) is 5.91 Å². The zero-order chi connectivity index (χ0) is 16.7. The highest BCUT2D eigenvalue weighted by atomic mass is 16.5. The van der Waals surface area contributed by atoms with Crippen LogP contribution in [-0.4, -0.2) is 42.2 Å². The maximum Gasteiger partial charge on any atom is 0.354 e. The summed E-state index contributed by atoms with van der Waals surface area (Å²) in [6, 6.07) is 4.44. The maximum absolute atomic E-state index is 12.3. The Morgan fingerprint density at radius 2 is 1.96 bits per heavy atom. The molecule has 1 saturated carbocycles. The molecule has 1 heterocycles. The third kappa shape index (κ3) is 4.76. The number of amides is 1. The number of hydrogen-bond acceptors (Lipinski definition) is 4. The number of carboxylic acids is 1. The summed E-state index contributed by atoms with van der Waals surface area (Å²) < 4.78 is 5.21. The maximum atomic E-state index is 12.3. The summed E-state index contributed by atoms with van der Waals surface area (Å²) in [5, 5.41) is 11.9. The molecule has 6 nitrogen and oxygen atoms in total. The fourth-order valence-electron chi connectivity index (χ4n) is 3.17. The van der Waals surface area contributed by atoms with E-state index in [1.54, 1.807) is 7.11 Å². The molecule has 2 N–H and O–H groups in total. The molecule has 1 aliphatic carbocycles. The van der Waals surface area contributed by atoms with Gasteiger partial charge in [-0.15, -0.1) is 0 Å². The van der Waals surface area contributed by atoms with E-state index < -0.39 is 5.97 Å². The van der Waals surface area contributed by atoms with Gasteiger partial charge >= 0.3 is 5.97 Å². The zero-order valence-corrected chi connectivity index (χ0v) is 13.5. The zero-order valence-electron chi connectivity index (χ0n) is 13.5. The molecule has 0 saturated heterocycles. The van der Waals surface area contributed by atoms with Crippen molar-refractivity contribution in [3.05, 3.63) is 29.6 Å². The van der Waals surface area contributed by atoms with Gasteiger partial charge in [-0.25, -0.2) is 9.78 Å². The molecule has 1 aromatic heterocycles. The SMILES string of the molecule is COCCC1(CNC(=O)c2cccc(C(=O)O)n2)CCCCC1. The van der Waals surface area contributed by atoms with Gasteiger partial charge in [0.1, 0.15) is 11.4 Å². The second-order valence-electron chi connectivity index (χ2n) is 6.20. The average molecular weight is 320 g/mol. The Morgan fingerprint density at radius 3 is 2.61 bits per heavy atom. The lowest BCUT2D eigenvalue weighted by atomic mass is 9.72. The first kappa shape index (κ1) is 17.4. The molecule has 1 amide bonds. The van der Waals surface area contributed by atoms with Crippen molar-refractivity contribution in [2.75, 3.05) is 20.3 Å². The molecule has 0 bridgehead atoms. The molecule has 1 aliphatic rings. The molecular weight excluding hydrogens is 296 g/mol. The van der Waals surface area contributed by atoms with Crippen LogP contribution in [0.4, 0.5) is 0 Å². The Hall–Kier alpha value is -1.95. The van der Waals surface area contributed by atoms with Gasteiger partial charge in [0, 0.05) is 20.3 Å². The molecule has 1 fully saturated rings. The molecule has 0 aromatic carbocycles. The van der Waals surface area contributed by atoms with Crippen LogP contribution in [0.25, 0.3) is 0 Å². The monoisotopic (exact) mass is 320 g/mol. The quantitative estimate of drug-likeness (QED) is 0.806. The van der Waals surface area contributed by atoms with Gasteiger partial charge in [0.15, 0.2) is 0 Å². The van der Waals surface area contributed by atoms with Crippen molar-refractivity contribution < 1.29 is 19.4 Å². The number of aromatic carboxylic acids is 1. The Bertz CT molecular complexity index is 553. The van der Waals surface area contributed by atoms with E-state index >= 15 is 0 Å². The van der Waals surface area contributed by atoms with E-state index in [9.17, 15) is 9.59 Å². The standard InChI is InChI=1S/C17H24N2O4/c1-23-11-10-17(8-3-2-4-9-17)12-18-15(20)13-6-5-7-14(19-13)16(21)22/h5-7H,2-4,8-12H2,1H3,(H,18,20)(H,21,22). The van der Waals surface area contributed by atoms with E-state index in [0.717, 1.165) is 19.3 Å². The fraction of sp³-hybridized carbons (Fsp3) is 0.588. The third-order valence-corrected chi connectivity index (χ3v) is 4.58. The van der Waals surface area contributed by atoms with Crippen molar-refractivity contribution in [2.45, 2.75) is 38.5 Å². The summed E-state index contributed by atoms with van der Waals surface area (Å²) in [6.07, 6.45) is 6.68. The van der Waals surface area contributed by atoms with Crippen molar-refractivity contribution in [3.63, 3.8) is 0 Å². The van der Waals surface area contributed by atoms with Crippen molar-refractivity contribution in [2.24, 2.45) is 5.41 Å². The van der Waals surface area contributed by atoms with E-state index in [2.05, 4.69) is 10.3 Å². The van der Waals surface area contributed by atoms with Gasteiger partial charge in [-0.1, -0.05) is 25.3 Å². The van der Waals surface area contributed by atoms with Crippen molar-refractivity contribution >= 4 is 11.9 Å². The number of pyridine rings is 1. The molecule has 1 aromatic rings. The minimum atomic E-state index is -1.14. The summed E-state index contributed by atoms with van der Waals surface area (Å²) >= 11 is 0. The Morgan fingerprint density at radius 1 is 1.26 bits per heavy atom. The summed E-state index contributed by atoms with van der Waals surface area (Å²) in [5.41, 5.74) is 0.0981. The number of hydrogen-bond donors (Lipinski definition) is 2. The van der Waals surface area contributed by atoms with Crippen LogP contribution in [0.3, 0.4) is 0 Å². The largest absolute Gasteiger partial charge is 0.477 e. The summed E-state index contributed by atoms with van der Waals surface area (Å²) in [4.78, 5) is 27.1. The van der Waals surface area contributed by atoms with Crippen LogP contribution in [0.2, 0.25) is 0 Å². The van der Waals surface area contributed by atoms with E-state index in [4.69, 9.17) is 9.84 Å². The molecule has 23 heavy (non-hydrogen) atoms. The van der Waals surface area contributed by atoms with Gasteiger partial charge in [0.05, 0.1) is 0 Å². The summed E-state index contributed by atoms with van der Waals surface area (Å²) in [5.74, 6) is -1.46. The number of carbonyl (C=O) groups is 2. The van der Waals surface area contributed by atoms with Crippen LogP contribution in [-0.2, 0) is 4.74 Å². The Balaban J connectivity index is 2.00. The summed E-state index contributed by atoms with van der Waals surface area (Å²) in [7, 11) is 1.69. The first-order valence-electron chi connectivity index (χ1n) is 8.04.